The molecule has 3 rings (SSSR count). The first-order chi connectivity index (χ1) is 9.83. The van der Waals surface area contributed by atoms with E-state index in [4.69, 9.17) is 9.47 Å². The van der Waals surface area contributed by atoms with Crippen molar-refractivity contribution in [2.24, 2.45) is 5.92 Å². The number of ether oxygens (including phenoxy) is 2. The van der Waals surface area contributed by atoms with Gasteiger partial charge in [0.15, 0.2) is 0 Å². The molecule has 3 aliphatic rings. The van der Waals surface area contributed by atoms with Crippen molar-refractivity contribution in [1.82, 2.24) is 5.32 Å². The van der Waals surface area contributed by atoms with E-state index in [1.54, 1.807) is 0 Å². The van der Waals surface area contributed by atoms with Gasteiger partial charge in [0, 0.05) is 31.1 Å². The molecule has 3 fully saturated rings. The van der Waals surface area contributed by atoms with Crippen LogP contribution in [0.3, 0.4) is 0 Å². The quantitative estimate of drug-likeness (QED) is 0.865. The number of nitrogens with one attached hydrogen (secondary N) is 1. The maximum atomic E-state index is 6.21. The maximum absolute atomic E-state index is 6.21. The predicted molar refractivity (Wildman–Crippen MR) is 84.4 cm³/mol. The molecule has 0 aromatic rings. The fraction of sp³-hybridized carbons (Fsp3) is 1.00. The van der Waals surface area contributed by atoms with E-state index in [0.29, 0.717) is 6.04 Å². The lowest BCUT2D eigenvalue weighted by Gasteiger charge is -2.46. The lowest BCUT2D eigenvalue weighted by Crippen LogP contribution is -2.52. The average molecular weight is 299 g/mol. The van der Waals surface area contributed by atoms with Crippen LogP contribution in [0.2, 0.25) is 0 Å². The molecule has 20 heavy (non-hydrogen) atoms. The van der Waals surface area contributed by atoms with Gasteiger partial charge in [-0.1, -0.05) is 6.92 Å². The van der Waals surface area contributed by atoms with E-state index in [0.717, 1.165) is 50.4 Å². The van der Waals surface area contributed by atoms with E-state index in [1.165, 1.54) is 31.4 Å². The number of thioether (sulfide) groups is 1. The largest absolute Gasteiger partial charge is 0.381 e. The fourth-order valence-corrected chi connectivity index (χ4v) is 5.68. The first-order valence-corrected chi connectivity index (χ1v) is 9.44. The standard InChI is InChI=1S/C16H29NO2S/c1-2-17-15(14-4-3-11-20-14)13-5-8-19-16(12-13)6-9-18-10-7-16/h13-15,17H,2-12H2,1H3. The molecule has 3 saturated heterocycles. The molecule has 0 bridgehead atoms. The Kier molecular flexibility index (Phi) is 5.29. The van der Waals surface area contributed by atoms with Crippen LogP contribution in [0.15, 0.2) is 0 Å². The van der Waals surface area contributed by atoms with E-state index in [9.17, 15) is 0 Å². The molecule has 0 aliphatic carbocycles. The maximum Gasteiger partial charge on any atom is 0.0729 e. The van der Waals surface area contributed by atoms with Crippen LogP contribution in [-0.4, -0.2) is 49.0 Å². The van der Waals surface area contributed by atoms with Crippen LogP contribution in [0.1, 0.15) is 45.4 Å². The summed E-state index contributed by atoms with van der Waals surface area (Å²) in [4.78, 5) is 0. The van der Waals surface area contributed by atoms with Crippen molar-refractivity contribution in [1.29, 1.82) is 0 Å². The van der Waals surface area contributed by atoms with E-state index in [-0.39, 0.29) is 5.60 Å². The van der Waals surface area contributed by atoms with Crippen LogP contribution >= 0.6 is 11.8 Å². The van der Waals surface area contributed by atoms with Crippen LogP contribution in [0.4, 0.5) is 0 Å². The van der Waals surface area contributed by atoms with E-state index >= 15 is 0 Å². The second kappa shape index (κ2) is 6.99. The van der Waals surface area contributed by atoms with E-state index in [1.807, 2.05) is 0 Å². The molecule has 3 atom stereocenters. The molecule has 116 valence electrons. The van der Waals surface area contributed by atoms with Crippen LogP contribution in [0.5, 0.6) is 0 Å². The molecule has 1 N–H and O–H groups in total. The molecule has 3 nitrogen and oxygen atoms in total. The zero-order valence-corrected chi connectivity index (χ0v) is 13.6. The van der Waals surface area contributed by atoms with Gasteiger partial charge in [0.05, 0.1) is 5.60 Å². The zero-order chi connectivity index (χ0) is 13.8. The van der Waals surface area contributed by atoms with Crippen molar-refractivity contribution in [3.63, 3.8) is 0 Å². The summed E-state index contributed by atoms with van der Waals surface area (Å²) in [5.74, 6) is 2.15. The molecule has 3 heterocycles. The smallest absolute Gasteiger partial charge is 0.0729 e. The molecule has 0 amide bonds. The molecular weight excluding hydrogens is 270 g/mol. The summed E-state index contributed by atoms with van der Waals surface area (Å²) in [6.07, 6.45) is 7.47. The SMILES string of the molecule is CCNC(C1CCOC2(CCOCC2)C1)C1CCCS1. The van der Waals surface area contributed by atoms with Crippen LogP contribution in [-0.2, 0) is 9.47 Å². The molecule has 0 radical (unpaired) electrons. The Morgan fingerprint density at radius 1 is 1.25 bits per heavy atom. The van der Waals surface area contributed by atoms with Gasteiger partial charge in [0.1, 0.15) is 0 Å². The van der Waals surface area contributed by atoms with Gasteiger partial charge in [0.25, 0.3) is 0 Å². The second-order valence-corrected chi connectivity index (χ2v) is 7.88. The fourth-order valence-electron chi connectivity index (χ4n) is 4.19. The van der Waals surface area contributed by atoms with Crippen molar-refractivity contribution in [2.45, 2.75) is 62.3 Å². The van der Waals surface area contributed by atoms with Crippen molar-refractivity contribution in [2.75, 3.05) is 32.1 Å². The second-order valence-electron chi connectivity index (χ2n) is 6.53. The summed E-state index contributed by atoms with van der Waals surface area (Å²) in [7, 11) is 0. The van der Waals surface area contributed by atoms with E-state index in [2.05, 4.69) is 24.0 Å². The van der Waals surface area contributed by atoms with Gasteiger partial charge in [-0.25, -0.2) is 0 Å². The van der Waals surface area contributed by atoms with Gasteiger partial charge in [0.2, 0.25) is 0 Å². The number of hydrogen-bond acceptors (Lipinski definition) is 4. The Bertz CT molecular complexity index is 295. The van der Waals surface area contributed by atoms with Crippen molar-refractivity contribution in [3.8, 4) is 0 Å². The number of rotatable bonds is 4. The minimum atomic E-state index is 0.137. The Morgan fingerprint density at radius 2 is 2.10 bits per heavy atom. The van der Waals surface area contributed by atoms with Gasteiger partial charge < -0.3 is 14.8 Å². The van der Waals surface area contributed by atoms with Crippen LogP contribution in [0, 0.1) is 5.92 Å². The summed E-state index contributed by atoms with van der Waals surface area (Å²) < 4.78 is 11.8. The summed E-state index contributed by atoms with van der Waals surface area (Å²) >= 11 is 2.19. The monoisotopic (exact) mass is 299 g/mol. The van der Waals surface area contributed by atoms with Gasteiger partial charge in [-0.2, -0.15) is 11.8 Å². The highest BCUT2D eigenvalue weighted by Crippen LogP contribution is 2.41. The van der Waals surface area contributed by atoms with Crippen molar-refractivity contribution < 1.29 is 9.47 Å². The third-order valence-corrected chi connectivity index (χ3v) is 6.73. The zero-order valence-electron chi connectivity index (χ0n) is 12.7. The first kappa shape index (κ1) is 15.1. The molecular formula is C16H29NO2S. The molecule has 0 saturated carbocycles. The Morgan fingerprint density at radius 3 is 2.80 bits per heavy atom. The predicted octanol–water partition coefficient (Wildman–Crippen LogP) is 2.84. The first-order valence-electron chi connectivity index (χ1n) is 8.40. The average Bonchev–Trinajstić information content (AvgIpc) is 2.99. The van der Waals surface area contributed by atoms with Gasteiger partial charge in [-0.3, -0.25) is 0 Å². The van der Waals surface area contributed by atoms with Gasteiger partial charge in [-0.05, 0) is 56.7 Å². The molecule has 0 aromatic heterocycles. The Balaban J connectivity index is 1.66. The topological polar surface area (TPSA) is 30.5 Å². The molecule has 3 aliphatic heterocycles. The van der Waals surface area contributed by atoms with Crippen LogP contribution < -0.4 is 5.32 Å². The van der Waals surface area contributed by atoms with Gasteiger partial charge in [-0.15, -0.1) is 0 Å². The summed E-state index contributed by atoms with van der Waals surface area (Å²) in [5, 5.41) is 4.64. The highest BCUT2D eigenvalue weighted by atomic mass is 32.2. The molecule has 0 aromatic carbocycles. The van der Waals surface area contributed by atoms with E-state index < -0.39 is 0 Å². The minimum Gasteiger partial charge on any atom is -0.381 e. The highest BCUT2D eigenvalue weighted by molar-refractivity contribution is 8.00. The lowest BCUT2D eigenvalue weighted by atomic mass is 9.76. The molecule has 4 heteroatoms. The third kappa shape index (κ3) is 3.34. The minimum absolute atomic E-state index is 0.137. The van der Waals surface area contributed by atoms with Gasteiger partial charge >= 0.3 is 0 Å². The highest BCUT2D eigenvalue weighted by Gasteiger charge is 2.43. The summed E-state index contributed by atoms with van der Waals surface area (Å²) in [5.41, 5.74) is 0.137. The lowest BCUT2D eigenvalue weighted by molar-refractivity contribution is -0.150. The summed E-state index contributed by atoms with van der Waals surface area (Å²) in [6, 6.07) is 0.691. The molecule has 3 unspecified atom stereocenters. The Labute approximate surface area is 127 Å². The third-order valence-electron chi connectivity index (χ3n) is 5.25. The normalized spacial score (nSPS) is 35.2. The van der Waals surface area contributed by atoms with Crippen molar-refractivity contribution in [3.05, 3.63) is 0 Å². The van der Waals surface area contributed by atoms with Crippen molar-refractivity contribution >= 4 is 11.8 Å². The summed E-state index contributed by atoms with van der Waals surface area (Å²) in [6.45, 7) is 6.06. The number of hydrogen-bond donors (Lipinski definition) is 1. The Hall–Kier alpha value is 0.230. The van der Waals surface area contributed by atoms with Crippen LogP contribution in [0.25, 0.3) is 0 Å². The molecule has 1 spiro atoms.